The van der Waals surface area contributed by atoms with Gasteiger partial charge in [-0.15, -0.1) is 0 Å². The standard InChI is InChI=1S/C13H20N4O3S/c1-21(19,20)17-6-4-11(5-7-17)16-13(18)8-12-3-2-10(14)9-15-12/h2-3,9,11H,4-8,14H2,1H3,(H,16,18). The van der Waals surface area contributed by atoms with Crippen molar-refractivity contribution in [3.05, 3.63) is 24.0 Å². The summed E-state index contributed by atoms with van der Waals surface area (Å²) in [7, 11) is -3.13. The minimum Gasteiger partial charge on any atom is -0.397 e. The van der Waals surface area contributed by atoms with E-state index in [0.717, 1.165) is 0 Å². The molecule has 8 heteroatoms. The zero-order valence-electron chi connectivity index (χ0n) is 11.9. The number of anilines is 1. The van der Waals surface area contributed by atoms with Crippen LogP contribution in [0, 0.1) is 0 Å². The molecule has 1 fully saturated rings. The fraction of sp³-hybridized carbons (Fsp3) is 0.538. The molecule has 0 unspecified atom stereocenters. The molecular weight excluding hydrogens is 292 g/mol. The zero-order chi connectivity index (χ0) is 15.5. The number of rotatable bonds is 4. The number of amides is 1. The number of sulfonamides is 1. The normalized spacial score (nSPS) is 17.6. The fourth-order valence-corrected chi connectivity index (χ4v) is 3.19. The van der Waals surface area contributed by atoms with E-state index in [0.29, 0.717) is 37.3 Å². The van der Waals surface area contributed by atoms with Crippen molar-refractivity contribution in [3.63, 3.8) is 0 Å². The Hall–Kier alpha value is -1.67. The Morgan fingerprint density at radius 1 is 1.43 bits per heavy atom. The first kappa shape index (κ1) is 15.7. The lowest BCUT2D eigenvalue weighted by Crippen LogP contribution is -2.46. The minimum atomic E-state index is -3.13. The number of pyridine rings is 1. The molecule has 3 N–H and O–H groups in total. The van der Waals surface area contributed by atoms with Crippen molar-refractivity contribution in [2.24, 2.45) is 0 Å². The molecule has 0 aromatic carbocycles. The summed E-state index contributed by atoms with van der Waals surface area (Å²) in [5.41, 5.74) is 6.76. The predicted molar refractivity (Wildman–Crippen MR) is 79.9 cm³/mol. The molecule has 0 radical (unpaired) electrons. The Bertz CT molecular complexity index is 592. The second kappa shape index (κ2) is 6.40. The average Bonchev–Trinajstić information content (AvgIpc) is 2.41. The Morgan fingerprint density at radius 3 is 2.62 bits per heavy atom. The molecule has 0 saturated carbocycles. The molecule has 0 bridgehead atoms. The van der Waals surface area contributed by atoms with E-state index in [2.05, 4.69) is 10.3 Å². The van der Waals surface area contributed by atoms with Crippen LogP contribution in [0.1, 0.15) is 18.5 Å². The van der Waals surface area contributed by atoms with Gasteiger partial charge in [-0.3, -0.25) is 9.78 Å². The van der Waals surface area contributed by atoms with Crippen LogP contribution in [0.15, 0.2) is 18.3 Å². The zero-order valence-corrected chi connectivity index (χ0v) is 12.8. The number of nitrogen functional groups attached to an aromatic ring is 1. The molecule has 1 aliphatic rings. The van der Waals surface area contributed by atoms with Gasteiger partial charge >= 0.3 is 0 Å². The molecule has 0 aliphatic carbocycles. The highest BCUT2D eigenvalue weighted by molar-refractivity contribution is 7.88. The van der Waals surface area contributed by atoms with Crippen LogP contribution in [-0.2, 0) is 21.2 Å². The summed E-state index contributed by atoms with van der Waals surface area (Å²) in [6.45, 7) is 0.897. The summed E-state index contributed by atoms with van der Waals surface area (Å²) in [6.07, 6.45) is 4.19. The highest BCUT2D eigenvalue weighted by Gasteiger charge is 2.25. The van der Waals surface area contributed by atoms with E-state index in [1.165, 1.54) is 16.8 Å². The van der Waals surface area contributed by atoms with Gasteiger partial charge in [-0.1, -0.05) is 0 Å². The molecule has 1 aromatic rings. The van der Waals surface area contributed by atoms with Gasteiger partial charge in [0.05, 0.1) is 24.6 Å². The van der Waals surface area contributed by atoms with Crippen molar-refractivity contribution in [2.45, 2.75) is 25.3 Å². The van der Waals surface area contributed by atoms with Crippen molar-refractivity contribution >= 4 is 21.6 Å². The number of nitrogens with two attached hydrogens (primary N) is 1. The summed E-state index contributed by atoms with van der Waals surface area (Å²) in [5, 5.41) is 2.92. The van der Waals surface area contributed by atoms with E-state index in [4.69, 9.17) is 5.73 Å². The number of aromatic nitrogens is 1. The molecule has 1 saturated heterocycles. The molecule has 7 nitrogen and oxygen atoms in total. The molecule has 2 heterocycles. The number of carbonyl (C=O) groups excluding carboxylic acids is 1. The van der Waals surface area contributed by atoms with E-state index in [9.17, 15) is 13.2 Å². The van der Waals surface area contributed by atoms with Crippen molar-refractivity contribution in [1.82, 2.24) is 14.6 Å². The van der Waals surface area contributed by atoms with Crippen molar-refractivity contribution in [1.29, 1.82) is 0 Å². The van der Waals surface area contributed by atoms with E-state index in [-0.39, 0.29) is 18.4 Å². The van der Waals surface area contributed by atoms with Crippen LogP contribution >= 0.6 is 0 Å². The third-order valence-electron chi connectivity index (χ3n) is 3.48. The Labute approximate surface area is 124 Å². The molecule has 1 aromatic heterocycles. The molecule has 1 aliphatic heterocycles. The van der Waals surface area contributed by atoms with Gasteiger partial charge in [0.25, 0.3) is 0 Å². The highest BCUT2D eigenvalue weighted by atomic mass is 32.2. The highest BCUT2D eigenvalue weighted by Crippen LogP contribution is 2.13. The number of nitrogens with zero attached hydrogens (tertiary/aromatic N) is 2. The van der Waals surface area contributed by atoms with E-state index in [1.807, 2.05) is 0 Å². The number of carbonyl (C=O) groups is 1. The van der Waals surface area contributed by atoms with Gasteiger partial charge in [0.15, 0.2) is 0 Å². The van der Waals surface area contributed by atoms with Crippen LogP contribution in [0.25, 0.3) is 0 Å². The topological polar surface area (TPSA) is 105 Å². The minimum absolute atomic E-state index is 0.0179. The van der Waals surface area contributed by atoms with E-state index >= 15 is 0 Å². The maximum Gasteiger partial charge on any atom is 0.226 e. The predicted octanol–water partition coefficient (Wildman–Crippen LogP) is -0.253. The smallest absolute Gasteiger partial charge is 0.226 e. The van der Waals surface area contributed by atoms with Crippen molar-refractivity contribution in [2.75, 3.05) is 25.1 Å². The van der Waals surface area contributed by atoms with E-state index in [1.54, 1.807) is 12.1 Å². The van der Waals surface area contributed by atoms with Crippen molar-refractivity contribution in [3.8, 4) is 0 Å². The quantitative estimate of drug-likeness (QED) is 0.797. The Balaban J connectivity index is 1.80. The largest absolute Gasteiger partial charge is 0.397 e. The summed E-state index contributed by atoms with van der Waals surface area (Å²) in [4.78, 5) is 16.0. The monoisotopic (exact) mass is 312 g/mol. The number of piperidine rings is 1. The van der Waals surface area contributed by atoms with Crippen LogP contribution in [0.4, 0.5) is 5.69 Å². The maximum atomic E-state index is 11.9. The van der Waals surface area contributed by atoms with Crippen LogP contribution in [0.3, 0.4) is 0 Å². The third-order valence-corrected chi connectivity index (χ3v) is 4.78. The van der Waals surface area contributed by atoms with Gasteiger partial charge in [0.2, 0.25) is 15.9 Å². The van der Waals surface area contributed by atoms with Crippen LogP contribution in [0.5, 0.6) is 0 Å². The number of hydrogen-bond donors (Lipinski definition) is 2. The molecule has 0 atom stereocenters. The van der Waals surface area contributed by atoms with Gasteiger partial charge < -0.3 is 11.1 Å². The molecular formula is C13H20N4O3S. The lowest BCUT2D eigenvalue weighted by Gasteiger charge is -2.30. The third kappa shape index (κ3) is 4.68. The van der Waals surface area contributed by atoms with Crippen LogP contribution in [0.2, 0.25) is 0 Å². The lowest BCUT2D eigenvalue weighted by molar-refractivity contribution is -0.121. The van der Waals surface area contributed by atoms with Gasteiger partial charge in [-0.25, -0.2) is 12.7 Å². The first-order chi connectivity index (χ1) is 9.84. The fourth-order valence-electron chi connectivity index (χ4n) is 2.32. The second-order valence-electron chi connectivity index (χ2n) is 5.26. The molecule has 21 heavy (non-hydrogen) atoms. The van der Waals surface area contributed by atoms with Gasteiger partial charge in [0, 0.05) is 24.8 Å². The second-order valence-corrected chi connectivity index (χ2v) is 7.25. The van der Waals surface area contributed by atoms with Gasteiger partial charge in [-0.05, 0) is 25.0 Å². The van der Waals surface area contributed by atoms with Crippen LogP contribution in [-0.4, -0.2) is 49.0 Å². The SMILES string of the molecule is CS(=O)(=O)N1CCC(NC(=O)Cc2ccc(N)cn2)CC1. The first-order valence-corrected chi connectivity index (χ1v) is 8.64. The lowest BCUT2D eigenvalue weighted by atomic mass is 10.1. The van der Waals surface area contributed by atoms with Gasteiger partial charge in [0.1, 0.15) is 0 Å². The molecule has 0 spiro atoms. The summed E-state index contributed by atoms with van der Waals surface area (Å²) < 4.78 is 24.2. The summed E-state index contributed by atoms with van der Waals surface area (Å²) in [5.74, 6) is -0.106. The Kier molecular flexibility index (Phi) is 4.79. The van der Waals surface area contributed by atoms with Gasteiger partial charge in [-0.2, -0.15) is 0 Å². The number of nitrogens with one attached hydrogen (secondary N) is 1. The average molecular weight is 312 g/mol. The molecule has 116 valence electrons. The maximum absolute atomic E-state index is 11.9. The van der Waals surface area contributed by atoms with Crippen LogP contribution < -0.4 is 11.1 Å². The molecule has 1 amide bonds. The Morgan fingerprint density at radius 2 is 2.10 bits per heavy atom. The first-order valence-electron chi connectivity index (χ1n) is 6.79. The van der Waals surface area contributed by atoms with Crippen molar-refractivity contribution < 1.29 is 13.2 Å². The summed E-state index contributed by atoms with van der Waals surface area (Å²) >= 11 is 0. The number of hydrogen-bond acceptors (Lipinski definition) is 5. The molecule has 2 rings (SSSR count). The summed E-state index contributed by atoms with van der Waals surface area (Å²) in [6, 6.07) is 3.45. The van der Waals surface area contributed by atoms with E-state index < -0.39 is 10.0 Å².